The fourth-order valence-electron chi connectivity index (χ4n) is 0.728. The second kappa shape index (κ2) is 2.89. The fraction of sp³-hybridized carbons (Fsp3) is 0.625. The van der Waals surface area contributed by atoms with Crippen LogP contribution in [0.25, 0.3) is 0 Å². The lowest BCUT2D eigenvalue weighted by Crippen LogP contribution is -2.11. The van der Waals surface area contributed by atoms with Crippen LogP contribution in [0.3, 0.4) is 0 Å². The van der Waals surface area contributed by atoms with Crippen molar-refractivity contribution in [1.82, 2.24) is 4.98 Å². The summed E-state index contributed by atoms with van der Waals surface area (Å²) in [7, 11) is 0. The molecule has 1 heterocycles. The van der Waals surface area contributed by atoms with Crippen molar-refractivity contribution in [3.05, 3.63) is 17.8 Å². The summed E-state index contributed by atoms with van der Waals surface area (Å²) >= 11 is 4.06. The average Bonchev–Trinajstić information content (AvgIpc) is 2.32. The van der Waals surface area contributed by atoms with Gasteiger partial charge in [-0.15, -0.1) is 0 Å². The van der Waals surface area contributed by atoms with E-state index in [4.69, 9.17) is 4.42 Å². The van der Waals surface area contributed by atoms with E-state index in [1.165, 1.54) is 0 Å². The number of thiol groups is 1. The van der Waals surface area contributed by atoms with Crippen LogP contribution in [0.5, 0.6) is 0 Å². The average molecular weight is 171 g/mol. The van der Waals surface area contributed by atoms with Crippen molar-refractivity contribution in [2.75, 3.05) is 0 Å². The lowest BCUT2D eigenvalue weighted by atomic mass is 9.93. The normalized spacial score (nSPS) is 12.0. The molecule has 0 aliphatic carbocycles. The predicted octanol–water partition coefficient (Wildman–Crippen LogP) is 2.40. The highest BCUT2D eigenvalue weighted by Crippen LogP contribution is 2.21. The van der Waals surface area contributed by atoms with Crippen molar-refractivity contribution < 1.29 is 4.42 Å². The Balaban J connectivity index is 2.89. The Morgan fingerprint density at radius 3 is 2.45 bits per heavy atom. The smallest absolute Gasteiger partial charge is 0.203 e. The SMILES string of the molecule is CC(C)(C)c1coc(CS)n1. The molecule has 0 aliphatic rings. The van der Waals surface area contributed by atoms with Crippen molar-refractivity contribution in [3.63, 3.8) is 0 Å². The molecule has 2 nitrogen and oxygen atoms in total. The zero-order valence-corrected chi connectivity index (χ0v) is 7.98. The van der Waals surface area contributed by atoms with Crippen LogP contribution < -0.4 is 0 Å². The third-order valence-corrected chi connectivity index (χ3v) is 1.73. The summed E-state index contributed by atoms with van der Waals surface area (Å²) in [5.74, 6) is 1.26. The number of hydrogen-bond acceptors (Lipinski definition) is 3. The van der Waals surface area contributed by atoms with E-state index < -0.39 is 0 Å². The molecular formula is C8H13NOS. The van der Waals surface area contributed by atoms with E-state index in [0.29, 0.717) is 11.6 Å². The molecule has 11 heavy (non-hydrogen) atoms. The van der Waals surface area contributed by atoms with E-state index in [1.807, 2.05) is 0 Å². The first-order valence-corrected chi connectivity index (χ1v) is 4.23. The molecular weight excluding hydrogens is 158 g/mol. The third-order valence-electron chi connectivity index (χ3n) is 1.46. The van der Waals surface area contributed by atoms with Gasteiger partial charge in [-0.2, -0.15) is 12.6 Å². The molecule has 0 aromatic carbocycles. The highest BCUT2D eigenvalue weighted by atomic mass is 32.1. The van der Waals surface area contributed by atoms with E-state index in [9.17, 15) is 0 Å². The van der Waals surface area contributed by atoms with Gasteiger partial charge in [0, 0.05) is 5.41 Å². The molecule has 1 aromatic heterocycles. The van der Waals surface area contributed by atoms with Gasteiger partial charge in [0.2, 0.25) is 5.89 Å². The zero-order valence-electron chi connectivity index (χ0n) is 7.09. The van der Waals surface area contributed by atoms with Gasteiger partial charge in [0.25, 0.3) is 0 Å². The van der Waals surface area contributed by atoms with E-state index >= 15 is 0 Å². The van der Waals surface area contributed by atoms with E-state index in [-0.39, 0.29) is 5.41 Å². The molecule has 0 radical (unpaired) electrons. The van der Waals surface area contributed by atoms with Gasteiger partial charge in [-0.3, -0.25) is 0 Å². The van der Waals surface area contributed by atoms with Crippen LogP contribution in [-0.4, -0.2) is 4.98 Å². The minimum absolute atomic E-state index is 0.0741. The Morgan fingerprint density at radius 2 is 2.18 bits per heavy atom. The molecule has 1 rings (SSSR count). The Hall–Kier alpha value is -0.440. The number of aromatic nitrogens is 1. The van der Waals surface area contributed by atoms with Crippen molar-refractivity contribution in [2.24, 2.45) is 0 Å². The summed E-state index contributed by atoms with van der Waals surface area (Å²) in [5, 5.41) is 0. The Kier molecular flexibility index (Phi) is 2.28. The third kappa shape index (κ3) is 1.99. The van der Waals surface area contributed by atoms with Crippen LogP contribution in [0.1, 0.15) is 32.4 Å². The molecule has 0 bridgehead atoms. The van der Waals surface area contributed by atoms with Crippen LogP contribution in [0.15, 0.2) is 10.7 Å². The van der Waals surface area contributed by atoms with Crippen molar-refractivity contribution in [1.29, 1.82) is 0 Å². The molecule has 3 heteroatoms. The maximum Gasteiger partial charge on any atom is 0.203 e. The van der Waals surface area contributed by atoms with Crippen LogP contribution in [0, 0.1) is 0 Å². The Morgan fingerprint density at radius 1 is 1.55 bits per heavy atom. The van der Waals surface area contributed by atoms with Gasteiger partial charge in [0.05, 0.1) is 11.4 Å². The van der Waals surface area contributed by atoms with Crippen molar-refractivity contribution in [3.8, 4) is 0 Å². The molecule has 0 aliphatic heterocycles. The fourth-order valence-corrected chi connectivity index (χ4v) is 0.873. The van der Waals surface area contributed by atoms with Crippen LogP contribution in [0.4, 0.5) is 0 Å². The molecule has 0 unspecified atom stereocenters. The zero-order chi connectivity index (χ0) is 8.48. The van der Waals surface area contributed by atoms with Crippen LogP contribution in [-0.2, 0) is 11.2 Å². The summed E-state index contributed by atoms with van der Waals surface area (Å²) < 4.78 is 5.15. The number of rotatable bonds is 1. The van der Waals surface area contributed by atoms with Gasteiger partial charge in [-0.05, 0) is 0 Å². The van der Waals surface area contributed by atoms with E-state index in [2.05, 4.69) is 38.4 Å². The summed E-state index contributed by atoms with van der Waals surface area (Å²) in [6, 6.07) is 0. The molecule has 62 valence electrons. The van der Waals surface area contributed by atoms with Crippen LogP contribution >= 0.6 is 12.6 Å². The maximum absolute atomic E-state index is 5.15. The lowest BCUT2D eigenvalue weighted by molar-refractivity contribution is 0.511. The standard InChI is InChI=1S/C8H13NOS/c1-8(2,3)6-4-10-7(5-11)9-6/h4,11H,5H2,1-3H3. The number of oxazole rings is 1. The molecule has 0 atom stereocenters. The molecule has 0 N–H and O–H groups in total. The topological polar surface area (TPSA) is 26.0 Å². The summed E-state index contributed by atoms with van der Waals surface area (Å²) in [6.45, 7) is 6.31. The Labute approximate surface area is 72.4 Å². The van der Waals surface area contributed by atoms with Gasteiger partial charge < -0.3 is 4.42 Å². The van der Waals surface area contributed by atoms with Gasteiger partial charge in [0.15, 0.2) is 0 Å². The largest absolute Gasteiger partial charge is 0.448 e. The first-order chi connectivity index (χ1) is 5.04. The molecule has 0 amide bonds. The molecule has 0 spiro atoms. The Bertz CT molecular complexity index is 236. The van der Waals surface area contributed by atoms with Crippen molar-refractivity contribution >= 4 is 12.6 Å². The predicted molar refractivity (Wildman–Crippen MR) is 47.9 cm³/mol. The number of nitrogens with zero attached hydrogens (tertiary/aromatic N) is 1. The second-order valence-corrected chi connectivity index (χ2v) is 3.85. The molecule has 1 aromatic rings. The van der Waals surface area contributed by atoms with E-state index in [1.54, 1.807) is 6.26 Å². The monoisotopic (exact) mass is 171 g/mol. The molecule has 0 saturated carbocycles. The number of hydrogen-bond donors (Lipinski definition) is 1. The highest BCUT2D eigenvalue weighted by molar-refractivity contribution is 7.79. The van der Waals surface area contributed by atoms with Gasteiger partial charge in [-0.25, -0.2) is 4.98 Å². The minimum Gasteiger partial charge on any atom is -0.448 e. The van der Waals surface area contributed by atoms with Gasteiger partial charge in [0.1, 0.15) is 6.26 Å². The highest BCUT2D eigenvalue weighted by Gasteiger charge is 2.17. The quantitative estimate of drug-likeness (QED) is 0.657. The molecule has 0 fully saturated rings. The first kappa shape index (κ1) is 8.65. The lowest BCUT2D eigenvalue weighted by Gasteiger charge is -2.12. The van der Waals surface area contributed by atoms with Gasteiger partial charge >= 0.3 is 0 Å². The maximum atomic E-state index is 5.15. The summed E-state index contributed by atoms with van der Waals surface area (Å²) in [6.07, 6.45) is 1.70. The van der Waals surface area contributed by atoms with Gasteiger partial charge in [-0.1, -0.05) is 20.8 Å². The second-order valence-electron chi connectivity index (χ2n) is 3.53. The summed E-state index contributed by atoms with van der Waals surface area (Å²) in [4.78, 5) is 4.26. The molecule has 0 saturated heterocycles. The first-order valence-electron chi connectivity index (χ1n) is 3.60. The van der Waals surface area contributed by atoms with E-state index in [0.717, 1.165) is 5.69 Å². The van der Waals surface area contributed by atoms with Crippen LogP contribution in [0.2, 0.25) is 0 Å². The van der Waals surface area contributed by atoms with Crippen molar-refractivity contribution in [2.45, 2.75) is 31.9 Å². The minimum atomic E-state index is 0.0741. The summed E-state index contributed by atoms with van der Waals surface area (Å²) in [5.41, 5.74) is 1.06.